The van der Waals surface area contributed by atoms with E-state index >= 15 is 0 Å². The van der Waals surface area contributed by atoms with Gasteiger partial charge in [-0.2, -0.15) is 11.8 Å². The van der Waals surface area contributed by atoms with Crippen molar-refractivity contribution >= 4 is 23.5 Å². The summed E-state index contributed by atoms with van der Waals surface area (Å²) in [6.45, 7) is 5.04. The van der Waals surface area contributed by atoms with E-state index < -0.39 is 0 Å². The summed E-state index contributed by atoms with van der Waals surface area (Å²) in [5, 5.41) is 6.95. The van der Waals surface area contributed by atoms with Gasteiger partial charge in [0.15, 0.2) is 0 Å². The molecule has 4 nitrogen and oxygen atoms in total. The van der Waals surface area contributed by atoms with Crippen LogP contribution in [0.15, 0.2) is 18.3 Å². The van der Waals surface area contributed by atoms with Gasteiger partial charge in [-0.25, -0.2) is 4.98 Å². The second-order valence-electron chi connectivity index (χ2n) is 5.02. The third-order valence-electron chi connectivity index (χ3n) is 3.51. The zero-order valence-corrected chi connectivity index (χ0v) is 13.0. The number of thioether (sulfide) groups is 1. The van der Waals surface area contributed by atoms with Crippen molar-refractivity contribution < 1.29 is 4.79 Å². The fourth-order valence-electron chi connectivity index (χ4n) is 2.54. The molecule has 5 heteroatoms. The topological polar surface area (TPSA) is 54.0 Å². The van der Waals surface area contributed by atoms with Gasteiger partial charge in [0.25, 0.3) is 5.91 Å². The van der Waals surface area contributed by atoms with Crippen LogP contribution in [0, 0.1) is 0 Å². The van der Waals surface area contributed by atoms with Crippen molar-refractivity contribution in [3.05, 3.63) is 23.9 Å². The standard InChI is InChI=1S/C15H23N3OS/c1-3-16-14-8-5-11(10-17-14)15(19)18-12-6-7-13(9-12)20-4-2/h5,8,10,12-13H,3-4,6-7,9H2,1-2H3,(H,16,17)(H,18,19). The Morgan fingerprint density at radius 1 is 1.40 bits per heavy atom. The van der Waals surface area contributed by atoms with Crippen LogP contribution in [0.2, 0.25) is 0 Å². The Morgan fingerprint density at radius 3 is 2.90 bits per heavy atom. The third kappa shape index (κ3) is 4.13. The number of hydrogen-bond acceptors (Lipinski definition) is 4. The van der Waals surface area contributed by atoms with Gasteiger partial charge in [0.1, 0.15) is 5.82 Å². The largest absolute Gasteiger partial charge is 0.370 e. The minimum Gasteiger partial charge on any atom is -0.370 e. The predicted octanol–water partition coefficient (Wildman–Crippen LogP) is 2.92. The summed E-state index contributed by atoms with van der Waals surface area (Å²) >= 11 is 2.00. The fourth-order valence-corrected chi connectivity index (χ4v) is 3.68. The minimum atomic E-state index is -0.00676. The Bertz CT molecular complexity index is 435. The van der Waals surface area contributed by atoms with Gasteiger partial charge in [-0.05, 0) is 44.1 Å². The molecule has 2 unspecified atom stereocenters. The second kappa shape index (κ2) is 7.53. The molecule has 1 aromatic heterocycles. The summed E-state index contributed by atoms with van der Waals surface area (Å²) in [6, 6.07) is 4.00. The highest BCUT2D eigenvalue weighted by Crippen LogP contribution is 2.29. The van der Waals surface area contributed by atoms with Crippen molar-refractivity contribution in [1.82, 2.24) is 10.3 Å². The number of nitrogens with zero attached hydrogens (tertiary/aromatic N) is 1. The zero-order valence-electron chi connectivity index (χ0n) is 12.2. The molecular formula is C15H23N3OS. The molecule has 2 rings (SSSR count). The van der Waals surface area contributed by atoms with Gasteiger partial charge < -0.3 is 10.6 Å². The number of aromatic nitrogens is 1. The average Bonchev–Trinajstić information content (AvgIpc) is 2.88. The van der Waals surface area contributed by atoms with Crippen LogP contribution in [0.4, 0.5) is 5.82 Å². The number of amides is 1. The molecule has 1 saturated carbocycles. The molecule has 0 saturated heterocycles. The van der Waals surface area contributed by atoms with E-state index in [-0.39, 0.29) is 5.91 Å². The maximum atomic E-state index is 12.2. The van der Waals surface area contributed by atoms with Crippen molar-refractivity contribution in [3.8, 4) is 0 Å². The van der Waals surface area contributed by atoms with Crippen LogP contribution >= 0.6 is 11.8 Å². The summed E-state index contributed by atoms with van der Waals surface area (Å²) < 4.78 is 0. The maximum absolute atomic E-state index is 12.2. The quantitative estimate of drug-likeness (QED) is 0.847. The Kier molecular flexibility index (Phi) is 5.71. The maximum Gasteiger partial charge on any atom is 0.253 e. The molecule has 0 bridgehead atoms. The van der Waals surface area contributed by atoms with E-state index in [1.807, 2.05) is 30.8 Å². The van der Waals surface area contributed by atoms with E-state index in [1.54, 1.807) is 6.20 Å². The normalized spacial score (nSPS) is 21.7. The number of carbonyl (C=O) groups is 1. The Hall–Kier alpha value is -1.23. The van der Waals surface area contributed by atoms with Crippen LogP contribution in [-0.2, 0) is 0 Å². The smallest absolute Gasteiger partial charge is 0.253 e. The number of nitrogens with one attached hydrogen (secondary N) is 2. The Balaban J connectivity index is 1.85. The van der Waals surface area contributed by atoms with Gasteiger partial charge in [-0.1, -0.05) is 6.92 Å². The number of rotatable bonds is 6. The van der Waals surface area contributed by atoms with Gasteiger partial charge in [-0.3, -0.25) is 4.79 Å². The van der Waals surface area contributed by atoms with Crippen LogP contribution in [0.1, 0.15) is 43.5 Å². The molecule has 1 fully saturated rings. The molecule has 1 aromatic rings. The molecule has 1 amide bonds. The lowest BCUT2D eigenvalue weighted by Gasteiger charge is -2.13. The SMILES string of the molecule is CCNc1ccc(C(=O)NC2CCC(SCC)C2)cn1. The second-order valence-corrected chi connectivity index (χ2v) is 6.60. The first kappa shape index (κ1) is 15.2. The molecule has 20 heavy (non-hydrogen) atoms. The van der Waals surface area contributed by atoms with Gasteiger partial charge >= 0.3 is 0 Å². The number of pyridine rings is 1. The lowest BCUT2D eigenvalue weighted by atomic mass is 10.2. The molecule has 0 aromatic carbocycles. The lowest BCUT2D eigenvalue weighted by molar-refractivity contribution is 0.0937. The Morgan fingerprint density at radius 2 is 2.25 bits per heavy atom. The number of carbonyl (C=O) groups excluding carboxylic acids is 1. The van der Waals surface area contributed by atoms with Crippen molar-refractivity contribution in [2.75, 3.05) is 17.6 Å². The predicted molar refractivity (Wildman–Crippen MR) is 85.4 cm³/mol. The molecule has 2 N–H and O–H groups in total. The highest BCUT2D eigenvalue weighted by atomic mass is 32.2. The first-order chi connectivity index (χ1) is 9.72. The average molecular weight is 293 g/mol. The third-order valence-corrected chi connectivity index (χ3v) is 4.74. The highest BCUT2D eigenvalue weighted by molar-refractivity contribution is 7.99. The van der Waals surface area contributed by atoms with Crippen molar-refractivity contribution in [2.45, 2.75) is 44.4 Å². The van der Waals surface area contributed by atoms with Gasteiger partial charge in [0.05, 0.1) is 5.56 Å². The molecule has 0 radical (unpaired) electrons. The zero-order chi connectivity index (χ0) is 14.4. The summed E-state index contributed by atoms with van der Waals surface area (Å²) in [6.07, 6.45) is 5.03. The van der Waals surface area contributed by atoms with Crippen molar-refractivity contribution in [3.63, 3.8) is 0 Å². The van der Waals surface area contributed by atoms with E-state index in [9.17, 15) is 4.79 Å². The van der Waals surface area contributed by atoms with Gasteiger partial charge in [-0.15, -0.1) is 0 Å². The van der Waals surface area contributed by atoms with Crippen molar-refractivity contribution in [2.24, 2.45) is 0 Å². The van der Waals surface area contributed by atoms with E-state index in [0.717, 1.165) is 31.0 Å². The highest BCUT2D eigenvalue weighted by Gasteiger charge is 2.25. The van der Waals surface area contributed by atoms with E-state index in [1.165, 1.54) is 6.42 Å². The summed E-state index contributed by atoms with van der Waals surface area (Å²) in [7, 11) is 0. The molecule has 1 heterocycles. The number of anilines is 1. The molecule has 0 spiro atoms. The van der Waals surface area contributed by atoms with E-state index in [4.69, 9.17) is 0 Å². The van der Waals surface area contributed by atoms with Crippen LogP contribution < -0.4 is 10.6 Å². The van der Waals surface area contributed by atoms with E-state index in [2.05, 4.69) is 22.5 Å². The van der Waals surface area contributed by atoms with Gasteiger partial charge in [0, 0.05) is 24.0 Å². The summed E-state index contributed by atoms with van der Waals surface area (Å²) in [5.41, 5.74) is 0.637. The molecule has 0 aliphatic heterocycles. The number of hydrogen-bond donors (Lipinski definition) is 2. The van der Waals surface area contributed by atoms with Crippen molar-refractivity contribution in [1.29, 1.82) is 0 Å². The van der Waals surface area contributed by atoms with Crippen LogP contribution in [0.3, 0.4) is 0 Å². The minimum absolute atomic E-state index is 0.00676. The molecular weight excluding hydrogens is 270 g/mol. The van der Waals surface area contributed by atoms with E-state index in [0.29, 0.717) is 16.9 Å². The summed E-state index contributed by atoms with van der Waals surface area (Å²) in [4.78, 5) is 16.4. The van der Waals surface area contributed by atoms with Crippen LogP contribution in [0.5, 0.6) is 0 Å². The van der Waals surface area contributed by atoms with Crippen LogP contribution in [0.25, 0.3) is 0 Å². The molecule has 110 valence electrons. The lowest BCUT2D eigenvalue weighted by Crippen LogP contribution is -2.33. The first-order valence-corrected chi connectivity index (χ1v) is 8.40. The van der Waals surface area contributed by atoms with Gasteiger partial charge in [0.2, 0.25) is 0 Å². The summed E-state index contributed by atoms with van der Waals surface area (Å²) in [5.74, 6) is 1.96. The molecule has 1 aliphatic carbocycles. The Labute approximate surface area is 125 Å². The monoisotopic (exact) mass is 293 g/mol. The fraction of sp³-hybridized carbons (Fsp3) is 0.600. The van der Waals surface area contributed by atoms with Crippen LogP contribution in [-0.4, -0.2) is 34.5 Å². The molecule has 2 atom stereocenters. The first-order valence-electron chi connectivity index (χ1n) is 7.35. The molecule has 1 aliphatic rings.